The van der Waals surface area contributed by atoms with Crippen molar-refractivity contribution in [3.63, 3.8) is 0 Å². The zero-order valence-corrected chi connectivity index (χ0v) is 17.0. The van der Waals surface area contributed by atoms with Gasteiger partial charge >= 0.3 is 6.03 Å². The summed E-state index contributed by atoms with van der Waals surface area (Å²) in [6, 6.07) is 14.4. The predicted octanol–water partition coefficient (Wildman–Crippen LogP) is 3.71. The molecule has 0 aromatic heterocycles. The van der Waals surface area contributed by atoms with Crippen LogP contribution in [0.4, 0.5) is 4.79 Å². The first-order valence-electron chi connectivity index (χ1n) is 9.38. The molecule has 3 rings (SSSR count). The fraction of sp³-hybridized carbons (Fsp3) is 0.348. The summed E-state index contributed by atoms with van der Waals surface area (Å²) in [6.07, 6.45) is 0. The van der Waals surface area contributed by atoms with Crippen molar-refractivity contribution in [2.45, 2.75) is 40.2 Å². The first kappa shape index (κ1) is 19.8. The first-order valence-corrected chi connectivity index (χ1v) is 9.38. The minimum absolute atomic E-state index is 0.167. The quantitative estimate of drug-likeness (QED) is 0.825. The number of carbonyl (C=O) groups excluding carboxylic acids is 3. The third-order valence-electron chi connectivity index (χ3n) is 5.39. The molecule has 28 heavy (non-hydrogen) atoms. The number of rotatable bonds is 4. The minimum atomic E-state index is -1.34. The fourth-order valence-corrected chi connectivity index (χ4v) is 3.32. The second kappa shape index (κ2) is 6.89. The molecule has 2 aromatic rings. The Kier molecular flexibility index (Phi) is 4.88. The van der Waals surface area contributed by atoms with Gasteiger partial charge in [0.2, 0.25) is 0 Å². The van der Waals surface area contributed by atoms with Gasteiger partial charge in [0.1, 0.15) is 0 Å². The lowest BCUT2D eigenvalue weighted by molar-refractivity contribution is -0.136. The molecule has 1 fully saturated rings. The molecule has 1 aliphatic heterocycles. The van der Waals surface area contributed by atoms with Gasteiger partial charge in [0.05, 0.1) is 6.54 Å². The highest BCUT2D eigenvalue weighted by atomic mass is 16.2. The van der Waals surface area contributed by atoms with Gasteiger partial charge in [-0.15, -0.1) is 0 Å². The van der Waals surface area contributed by atoms with Gasteiger partial charge < -0.3 is 5.32 Å². The van der Waals surface area contributed by atoms with Crippen molar-refractivity contribution >= 4 is 17.7 Å². The van der Waals surface area contributed by atoms with E-state index in [9.17, 15) is 14.4 Å². The largest absolute Gasteiger partial charge is 0.325 e. The van der Waals surface area contributed by atoms with Gasteiger partial charge in [-0.2, -0.15) is 0 Å². The van der Waals surface area contributed by atoms with Crippen molar-refractivity contribution in [2.24, 2.45) is 5.41 Å². The summed E-state index contributed by atoms with van der Waals surface area (Å²) in [4.78, 5) is 39.9. The van der Waals surface area contributed by atoms with Crippen molar-refractivity contribution in [3.8, 4) is 0 Å². The highest BCUT2D eigenvalue weighted by molar-refractivity contribution is 6.11. The van der Waals surface area contributed by atoms with Crippen molar-refractivity contribution < 1.29 is 14.4 Å². The van der Waals surface area contributed by atoms with Gasteiger partial charge in [0, 0.05) is 5.41 Å². The SMILES string of the molecule is Cc1ccc([C@]2(c3ccccc3)NC(=O)N(CC(=O)C(C)(C)C)C2=O)cc1C. The van der Waals surface area contributed by atoms with Crippen molar-refractivity contribution in [2.75, 3.05) is 6.54 Å². The van der Waals surface area contributed by atoms with Gasteiger partial charge in [-0.3, -0.25) is 14.5 Å². The summed E-state index contributed by atoms with van der Waals surface area (Å²) in [7, 11) is 0. The van der Waals surface area contributed by atoms with E-state index < -0.39 is 22.9 Å². The monoisotopic (exact) mass is 378 g/mol. The topological polar surface area (TPSA) is 66.5 Å². The second-order valence-electron chi connectivity index (χ2n) is 8.41. The second-order valence-corrected chi connectivity index (χ2v) is 8.41. The summed E-state index contributed by atoms with van der Waals surface area (Å²) in [6.45, 7) is 9.07. The number of benzene rings is 2. The molecule has 1 heterocycles. The number of nitrogens with one attached hydrogen (secondary N) is 1. The number of ketones is 1. The van der Waals surface area contributed by atoms with Crippen LogP contribution in [0.5, 0.6) is 0 Å². The summed E-state index contributed by atoms with van der Waals surface area (Å²) < 4.78 is 0. The summed E-state index contributed by atoms with van der Waals surface area (Å²) in [5, 5.41) is 2.89. The van der Waals surface area contributed by atoms with E-state index in [0.29, 0.717) is 11.1 Å². The molecule has 3 amide bonds. The third-order valence-corrected chi connectivity index (χ3v) is 5.39. The van der Waals surface area contributed by atoms with Crippen LogP contribution in [0, 0.1) is 19.3 Å². The highest BCUT2D eigenvalue weighted by Crippen LogP contribution is 2.37. The normalized spacial score (nSPS) is 19.7. The van der Waals surface area contributed by atoms with Gasteiger partial charge in [-0.25, -0.2) is 4.79 Å². The van der Waals surface area contributed by atoms with Crippen LogP contribution in [0.3, 0.4) is 0 Å². The summed E-state index contributed by atoms with van der Waals surface area (Å²) in [5.74, 6) is -0.593. The zero-order chi connectivity index (χ0) is 20.7. The molecule has 0 spiro atoms. The van der Waals surface area contributed by atoms with Crippen molar-refractivity contribution in [3.05, 3.63) is 70.8 Å². The molecule has 5 heteroatoms. The Bertz CT molecular complexity index is 944. The number of hydrogen-bond donors (Lipinski definition) is 1. The van der Waals surface area contributed by atoms with Crippen molar-refractivity contribution in [1.82, 2.24) is 10.2 Å². The molecule has 1 atom stereocenters. The van der Waals surface area contributed by atoms with Crippen LogP contribution < -0.4 is 5.32 Å². The highest BCUT2D eigenvalue weighted by Gasteiger charge is 2.54. The Balaban J connectivity index is 2.13. The number of nitrogens with zero attached hydrogens (tertiary/aromatic N) is 1. The standard InChI is InChI=1S/C23H26N2O3/c1-15-11-12-18(13-16(15)2)23(17-9-7-6-8-10-17)20(27)25(21(28)24-23)14-19(26)22(3,4)5/h6-13H,14H2,1-5H3,(H,24,28)/t23-/m0/s1. The first-order chi connectivity index (χ1) is 13.1. The number of carbonyl (C=O) groups is 3. The average molecular weight is 378 g/mol. The van der Waals surface area contributed by atoms with E-state index in [0.717, 1.165) is 16.0 Å². The molecule has 0 aliphatic carbocycles. The molecule has 0 bridgehead atoms. The van der Waals surface area contributed by atoms with Gasteiger partial charge in [0.25, 0.3) is 5.91 Å². The molecule has 1 aliphatic rings. The van der Waals surface area contributed by atoms with Crippen LogP contribution in [0.1, 0.15) is 43.0 Å². The van der Waals surface area contributed by atoms with Crippen LogP contribution in [0.2, 0.25) is 0 Å². The van der Waals surface area contributed by atoms with Gasteiger partial charge in [0.15, 0.2) is 11.3 Å². The molecule has 1 N–H and O–H groups in total. The van der Waals surface area contributed by atoms with Crippen LogP contribution in [0.25, 0.3) is 0 Å². The Morgan fingerprint density at radius 1 is 0.964 bits per heavy atom. The Labute approximate surface area is 165 Å². The van der Waals surface area contributed by atoms with E-state index >= 15 is 0 Å². The van der Waals surface area contributed by atoms with Crippen molar-refractivity contribution in [1.29, 1.82) is 0 Å². The minimum Gasteiger partial charge on any atom is -0.315 e. The molecule has 0 unspecified atom stereocenters. The van der Waals surface area contributed by atoms with Gasteiger partial charge in [-0.1, -0.05) is 69.3 Å². The van der Waals surface area contributed by atoms with E-state index in [1.807, 2.05) is 62.4 Å². The average Bonchev–Trinajstić information content (AvgIpc) is 2.89. The lowest BCUT2D eigenvalue weighted by Gasteiger charge is -2.29. The number of Topliss-reactive ketones (excluding diaryl/α,β-unsaturated/α-hetero) is 1. The van der Waals surface area contributed by atoms with Crippen LogP contribution >= 0.6 is 0 Å². The number of imide groups is 1. The zero-order valence-electron chi connectivity index (χ0n) is 17.0. The van der Waals surface area contributed by atoms with E-state index in [1.165, 1.54) is 0 Å². The maximum atomic E-state index is 13.6. The molecule has 1 saturated heterocycles. The van der Waals surface area contributed by atoms with Crippen LogP contribution in [-0.2, 0) is 15.1 Å². The number of aryl methyl sites for hydroxylation is 2. The van der Waals surface area contributed by atoms with Gasteiger partial charge in [-0.05, 0) is 36.1 Å². The molecular weight excluding hydrogens is 352 g/mol. The Hall–Kier alpha value is -2.95. The molecule has 5 nitrogen and oxygen atoms in total. The number of amides is 3. The van der Waals surface area contributed by atoms with E-state index in [2.05, 4.69) is 5.32 Å². The lowest BCUT2D eigenvalue weighted by Crippen LogP contribution is -2.46. The third kappa shape index (κ3) is 3.21. The lowest BCUT2D eigenvalue weighted by atomic mass is 9.81. The molecule has 0 saturated carbocycles. The summed E-state index contributed by atoms with van der Waals surface area (Å²) >= 11 is 0. The van der Waals surface area contributed by atoms with E-state index in [4.69, 9.17) is 0 Å². The maximum Gasteiger partial charge on any atom is 0.325 e. The molecular formula is C23H26N2O3. The Morgan fingerprint density at radius 2 is 1.61 bits per heavy atom. The maximum absolute atomic E-state index is 13.6. The smallest absolute Gasteiger partial charge is 0.315 e. The van der Waals surface area contributed by atoms with E-state index in [1.54, 1.807) is 20.8 Å². The molecule has 0 radical (unpaired) electrons. The predicted molar refractivity (Wildman–Crippen MR) is 108 cm³/mol. The van der Waals surface area contributed by atoms with Crippen LogP contribution in [-0.4, -0.2) is 29.2 Å². The Morgan fingerprint density at radius 3 is 2.18 bits per heavy atom. The summed E-state index contributed by atoms with van der Waals surface area (Å²) in [5.41, 5.74) is 1.50. The number of hydrogen-bond acceptors (Lipinski definition) is 3. The molecule has 146 valence electrons. The van der Waals surface area contributed by atoms with E-state index in [-0.39, 0.29) is 12.3 Å². The molecule has 2 aromatic carbocycles. The number of urea groups is 1. The fourth-order valence-electron chi connectivity index (χ4n) is 3.32. The van der Waals surface area contributed by atoms with Crippen LogP contribution in [0.15, 0.2) is 48.5 Å².